The first kappa shape index (κ1) is 8.90. The molecule has 3 unspecified atom stereocenters. The van der Waals surface area contributed by atoms with Crippen LogP contribution in [0.25, 0.3) is 0 Å². The summed E-state index contributed by atoms with van der Waals surface area (Å²) >= 11 is 0. The molecule has 0 radical (unpaired) electrons. The van der Waals surface area contributed by atoms with Gasteiger partial charge in [-0.25, -0.2) is 4.39 Å². The zero-order valence-electron chi connectivity index (χ0n) is 8.51. The van der Waals surface area contributed by atoms with Crippen LogP contribution >= 0.6 is 0 Å². The molecule has 0 saturated heterocycles. The summed E-state index contributed by atoms with van der Waals surface area (Å²) in [4.78, 5) is 0. The minimum atomic E-state index is -0.873. The predicted molar refractivity (Wildman–Crippen MR) is 54.5 cm³/mol. The van der Waals surface area contributed by atoms with Crippen LogP contribution in [0.15, 0.2) is 12.7 Å². The molecule has 2 N–H and O–H groups in total. The molecule has 0 heterocycles. The van der Waals surface area contributed by atoms with E-state index in [1.54, 1.807) is 0 Å². The van der Waals surface area contributed by atoms with Gasteiger partial charge in [-0.3, -0.25) is 0 Å². The first-order valence-electron chi connectivity index (χ1n) is 5.67. The maximum atomic E-state index is 14.3. The highest BCUT2D eigenvalue weighted by Crippen LogP contribution is 2.60. The van der Waals surface area contributed by atoms with Crippen molar-refractivity contribution in [3.8, 4) is 0 Å². The Balaban J connectivity index is 2.00. The van der Waals surface area contributed by atoms with Crippen LogP contribution < -0.4 is 5.73 Å². The second-order valence-electron chi connectivity index (χ2n) is 5.70. The van der Waals surface area contributed by atoms with E-state index in [0.717, 1.165) is 19.3 Å². The van der Waals surface area contributed by atoms with E-state index >= 15 is 0 Å². The molecule has 0 aromatic carbocycles. The van der Waals surface area contributed by atoms with Gasteiger partial charge in [0.15, 0.2) is 0 Å². The molecule has 78 valence electrons. The molecule has 4 aliphatic carbocycles. The molecular formula is C12H18FN. The standard InChI is InChI=1S/C12H18FN/c1-2-12(14)9-3-8-4-10(12)7-11(13,5-8)6-9/h2,8-10H,1,3-7,14H2/t8?,9-,10+,11?,12?. The first-order valence-corrected chi connectivity index (χ1v) is 5.67. The SMILES string of the molecule is C=CC1(N)[C@@H]2CC3C[C@H]1CC(F)(C3)C2. The molecule has 0 amide bonds. The molecule has 4 aliphatic rings. The molecule has 0 aromatic heterocycles. The fourth-order valence-corrected chi connectivity index (χ4v) is 4.31. The van der Waals surface area contributed by atoms with Crippen molar-refractivity contribution in [1.29, 1.82) is 0 Å². The van der Waals surface area contributed by atoms with Crippen molar-refractivity contribution in [2.75, 3.05) is 0 Å². The van der Waals surface area contributed by atoms with Crippen molar-refractivity contribution in [3.63, 3.8) is 0 Å². The van der Waals surface area contributed by atoms with E-state index in [-0.39, 0.29) is 5.54 Å². The minimum Gasteiger partial charge on any atom is -0.321 e. The summed E-state index contributed by atoms with van der Waals surface area (Å²) in [6, 6.07) is 0. The monoisotopic (exact) mass is 195 g/mol. The Bertz CT molecular complexity index is 270. The van der Waals surface area contributed by atoms with Crippen LogP contribution in [0.1, 0.15) is 32.1 Å². The van der Waals surface area contributed by atoms with Gasteiger partial charge in [0, 0.05) is 5.54 Å². The Morgan fingerprint density at radius 3 is 2.21 bits per heavy atom. The Morgan fingerprint density at radius 2 is 1.79 bits per heavy atom. The van der Waals surface area contributed by atoms with E-state index in [1.165, 1.54) is 0 Å². The van der Waals surface area contributed by atoms with Crippen LogP contribution in [0.5, 0.6) is 0 Å². The van der Waals surface area contributed by atoms with Gasteiger partial charge < -0.3 is 5.73 Å². The van der Waals surface area contributed by atoms with Gasteiger partial charge in [0.05, 0.1) is 0 Å². The Labute approximate surface area is 84.6 Å². The van der Waals surface area contributed by atoms with E-state index in [2.05, 4.69) is 6.58 Å². The summed E-state index contributed by atoms with van der Waals surface area (Å²) in [6.45, 7) is 3.85. The van der Waals surface area contributed by atoms with Crippen LogP contribution in [-0.4, -0.2) is 11.2 Å². The van der Waals surface area contributed by atoms with Crippen molar-refractivity contribution in [2.45, 2.75) is 43.3 Å². The Morgan fingerprint density at radius 1 is 1.21 bits per heavy atom. The van der Waals surface area contributed by atoms with Gasteiger partial charge in [0.25, 0.3) is 0 Å². The summed E-state index contributed by atoms with van der Waals surface area (Å²) in [5.41, 5.74) is 5.23. The molecule has 14 heavy (non-hydrogen) atoms. The second-order valence-corrected chi connectivity index (χ2v) is 5.70. The van der Waals surface area contributed by atoms with Crippen LogP contribution in [0.4, 0.5) is 4.39 Å². The third kappa shape index (κ3) is 0.928. The molecule has 0 aliphatic heterocycles. The number of nitrogens with two attached hydrogens (primary N) is 1. The van der Waals surface area contributed by atoms with Gasteiger partial charge in [-0.2, -0.15) is 0 Å². The average molecular weight is 195 g/mol. The van der Waals surface area contributed by atoms with Gasteiger partial charge in [-0.1, -0.05) is 6.08 Å². The second kappa shape index (κ2) is 2.41. The molecular weight excluding hydrogens is 177 g/mol. The van der Waals surface area contributed by atoms with Crippen LogP contribution in [0, 0.1) is 17.8 Å². The number of hydrogen-bond donors (Lipinski definition) is 1. The summed E-state index contributed by atoms with van der Waals surface area (Å²) in [6.07, 6.45) is 6.32. The number of hydrogen-bond acceptors (Lipinski definition) is 1. The topological polar surface area (TPSA) is 26.0 Å². The summed E-state index contributed by atoms with van der Waals surface area (Å²) in [5, 5.41) is 0. The summed E-state index contributed by atoms with van der Waals surface area (Å²) in [5.74, 6) is 1.32. The number of alkyl halides is 1. The molecule has 0 spiro atoms. The maximum absolute atomic E-state index is 14.3. The van der Waals surface area contributed by atoms with Crippen LogP contribution in [0.3, 0.4) is 0 Å². The zero-order chi connectivity index (χ0) is 9.97. The lowest BCUT2D eigenvalue weighted by molar-refractivity contribution is -0.106. The van der Waals surface area contributed by atoms with Gasteiger partial charge in [0.1, 0.15) is 5.67 Å². The van der Waals surface area contributed by atoms with E-state index in [9.17, 15) is 4.39 Å². The van der Waals surface area contributed by atoms with Crippen LogP contribution in [-0.2, 0) is 0 Å². The maximum Gasteiger partial charge on any atom is 0.112 e. The van der Waals surface area contributed by atoms with Gasteiger partial charge in [0.2, 0.25) is 0 Å². The van der Waals surface area contributed by atoms with Crippen molar-refractivity contribution in [2.24, 2.45) is 23.5 Å². The molecule has 5 atom stereocenters. The van der Waals surface area contributed by atoms with Gasteiger partial charge in [-0.05, 0) is 49.9 Å². The van der Waals surface area contributed by atoms with Crippen molar-refractivity contribution in [3.05, 3.63) is 12.7 Å². The number of halogens is 1. The highest BCUT2D eigenvalue weighted by atomic mass is 19.1. The smallest absolute Gasteiger partial charge is 0.112 e. The molecule has 1 nitrogen and oxygen atoms in total. The Hall–Kier alpha value is -0.370. The largest absolute Gasteiger partial charge is 0.321 e. The Kier molecular flexibility index (Phi) is 1.53. The van der Waals surface area contributed by atoms with E-state index < -0.39 is 5.67 Å². The fraction of sp³-hybridized carbons (Fsp3) is 0.833. The highest BCUT2D eigenvalue weighted by Gasteiger charge is 2.60. The third-order valence-electron chi connectivity index (χ3n) is 4.88. The summed E-state index contributed by atoms with van der Waals surface area (Å²) < 4.78 is 14.3. The molecule has 4 fully saturated rings. The lowest BCUT2D eigenvalue weighted by Gasteiger charge is -2.60. The predicted octanol–water partition coefficient (Wildman–Crippen LogP) is 2.42. The molecule has 2 heteroatoms. The van der Waals surface area contributed by atoms with Crippen molar-refractivity contribution < 1.29 is 4.39 Å². The summed E-state index contributed by atoms with van der Waals surface area (Å²) in [7, 11) is 0. The van der Waals surface area contributed by atoms with E-state index in [0.29, 0.717) is 30.6 Å². The molecule has 4 bridgehead atoms. The molecule has 4 rings (SSSR count). The molecule has 4 saturated carbocycles. The van der Waals surface area contributed by atoms with Gasteiger partial charge in [-0.15, -0.1) is 6.58 Å². The lowest BCUT2D eigenvalue weighted by Crippen LogP contribution is -2.65. The lowest BCUT2D eigenvalue weighted by atomic mass is 9.48. The molecule has 0 aromatic rings. The van der Waals surface area contributed by atoms with Crippen LogP contribution in [0.2, 0.25) is 0 Å². The fourth-order valence-electron chi connectivity index (χ4n) is 4.31. The van der Waals surface area contributed by atoms with Crippen molar-refractivity contribution in [1.82, 2.24) is 0 Å². The van der Waals surface area contributed by atoms with E-state index in [4.69, 9.17) is 5.73 Å². The minimum absolute atomic E-state index is 0.257. The van der Waals surface area contributed by atoms with Gasteiger partial charge >= 0.3 is 0 Å². The number of rotatable bonds is 1. The van der Waals surface area contributed by atoms with Crippen molar-refractivity contribution >= 4 is 0 Å². The normalized spacial score (nSPS) is 60.3. The quantitative estimate of drug-likeness (QED) is 0.639. The average Bonchev–Trinajstić information content (AvgIpc) is 2.11. The highest BCUT2D eigenvalue weighted by molar-refractivity contribution is 5.20. The first-order chi connectivity index (χ1) is 6.56. The van der Waals surface area contributed by atoms with E-state index in [1.807, 2.05) is 6.08 Å². The zero-order valence-corrected chi connectivity index (χ0v) is 8.51. The third-order valence-corrected chi connectivity index (χ3v) is 4.88.